The SMILES string of the molecule is COC(=O)c1ccc(NC(=O)Nc2ccc(C)cc2C(=O)O)cc1. The number of benzene rings is 2. The first-order valence-corrected chi connectivity index (χ1v) is 7.01. The van der Waals surface area contributed by atoms with E-state index in [2.05, 4.69) is 15.4 Å². The second kappa shape index (κ2) is 7.28. The maximum Gasteiger partial charge on any atom is 0.337 e. The number of nitrogens with one attached hydrogen (secondary N) is 2. The average Bonchev–Trinajstić information content (AvgIpc) is 2.56. The van der Waals surface area contributed by atoms with Gasteiger partial charge in [0, 0.05) is 5.69 Å². The second-order valence-electron chi connectivity index (χ2n) is 5.00. The minimum atomic E-state index is -1.13. The van der Waals surface area contributed by atoms with Crippen molar-refractivity contribution in [2.75, 3.05) is 17.7 Å². The van der Waals surface area contributed by atoms with Crippen LogP contribution in [-0.4, -0.2) is 30.2 Å². The zero-order chi connectivity index (χ0) is 17.7. The average molecular weight is 328 g/mol. The lowest BCUT2D eigenvalue weighted by molar-refractivity contribution is 0.0600. The van der Waals surface area contributed by atoms with E-state index < -0.39 is 18.0 Å². The lowest BCUT2D eigenvalue weighted by atomic mass is 10.1. The van der Waals surface area contributed by atoms with Crippen LogP contribution in [0.2, 0.25) is 0 Å². The molecule has 2 rings (SSSR count). The molecule has 2 amide bonds. The van der Waals surface area contributed by atoms with Crippen molar-refractivity contribution in [3.63, 3.8) is 0 Å². The number of anilines is 2. The number of hydrogen-bond acceptors (Lipinski definition) is 4. The number of aryl methyl sites for hydroxylation is 1. The summed E-state index contributed by atoms with van der Waals surface area (Å²) in [6.45, 7) is 1.76. The van der Waals surface area contributed by atoms with E-state index in [1.807, 2.05) is 0 Å². The van der Waals surface area contributed by atoms with Gasteiger partial charge < -0.3 is 20.5 Å². The van der Waals surface area contributed by atoms with Crippen LogP contribution in [0.25, 0.3) is 0 Å². The summed E-state index contributed by atoms with van der Waals surface area (Å²) in [6.07, 6.45) is 0. The summed E-state index contributed by atoms with van der Waals surface area (Å²) in [5, 5.41) is 14.2. The molecule has 0 bridgehead atoms. The Morgan fingerprint density at radius 1 is 1.00 bits per heavy atom. The molecule has 0 aromatic heterocycles. The van der Waals surface area contributed by atoms with Gasteiger partial charge in [0.25, 0.3) is 0 Å². The first kappa shape index (κ1) is 17.0. The third-order valence-corrected chi connectivity index (χ3v) is 3.22. The number of amides is 2. The van der Waals surface area contributed by atoms with E-state index in [1.54, 1.807) is 25.1 Å². The fourth-order valence-corrected chi connectivity index (χ4v) is 2.04. The van der Waals surface area contributed by atoms with Crippen molar-refractivity contribution >= 4 is 29.3 Å². The van der Waals surface area contributed by atoms with Crippen molar-refractivity contribution < 1.29 is 24.2 Å². The molecule has 0 atom stereocenters. The summed E-state index contributed by atoms with van der Waals surface area (Å²) in [4.78, 5) is 34.6. The lowest BCUT2D eigenvalue weighted by Gasteiger charge is -2.11. The predicted molar refractivity (Wildman–Crippen MR) is 88.6 cm³/mol. The largest absolute Gasteiger partial charge is 0.478 e. The van der Waals surface area contributed by atoms with Gasteiger partial charge in [-0.2, -0.15) is 0 Å². The molecule has 7 nitrogen and oxygen atoms in total. The maximum absolute atomic E-state index is 12.0. The molecular formula is C17H16N2O5. The van der Waals surface area contributed by atoms with Crippen molar-refractivity contribution in [3.8, 4) is 0 Å². The molecule has 124 valence electrons. The Morgan fingerprint density at radius 2 is 1.67 bits per heavy atom. The predicted octanol–water partition coefficient (Wildman–Crippen LogP) is 3.12. The summed E-state index contributed by atoms with van der Waals surface area (Å²) >= 11 is 0. The molecule has 7 heteroatoms. The van der Waals surface area contributed by atoms with Gasteiger partial charge >= 0.3 is 18.0 Å². The van der Waals surface area contributed by atoms with Crippen molar-refractivity contribution in [3.05, 3.63) is 59.2 Å². The number of carbonyl (C=O) groups excluding carboxylic acids is 2. The monoisotopic (exact) mass is 328 g/mol. The molecule has 0 saturated carbocycles. The Kier molecular flexibility index (Phi) is 5.16. The van der Waals surface area contributed by atoms with E-state index in [1.165, 1.54) is 31.4 Å². The third kappa shape index (κ3) is 4.10. The zero-order valence-corrected chi connectivity index (χ0v) is 13.1. The van der Waals surface area contributed by atoms with E-state index in [0.717, 1.165) is 5.56 Å². The number of carboxylic acids is 1. The topological polar surface area (TPSA) is 105 Å². The number of ether oxygens (including phenoxy) is 1. The first-order chi connectivity index (χ1) is 11.4. The molecule has 2 aromatic rings. The standard InChI is InChI=1S/C17H16N2O5/c1-10-3-8-14(13(9-10)15(20)21)19-17(23)18-12-6-4-11(5-7-12)16(22)24-2/h3-9H,1-2H3,(H,20,21)(H2,18,19,23). The van der Waals surface area contributed by atoms with Crippen LogP contribution in [-0.2, 0) is 4.74 Å². The van der Waals surface area contributed by atoms with E-state index in [9.17, 15) is 19.5 Å². The van der Waals surface area contributed by atoms with Gasteiger partial charge in [-0.25, -0.2) is 14.4 Å². The van der Waals surface area contributed by atoms with E-state index in [0.29, 0.717) is 11.3 Å². The van der Waals surface area contributed by atoms with Gasteiger partial charge in [0.05, 0.1) is 23.9 Å². The Hall–Kier alpha value is -3.35. The zero-order valence-electron chi connectivity index (χ0n) is 13.1. The van der Waals surface area contributed by atoms with Crippen molar-refractivity contribution in [2.45, 2.75) is 6.92 Å². The smallest absolute Gasteiger partial charge is 0.337 e. The van der Waals surface area contributed by atoms with Gasteiger partial charge in [0.2, 0.25) is 0 Å². The number of aromatic carboxylic acids is 1. The fourth-order valence-electron chi connectivity index (χ4n) is 2.04. The summed E-state index contributed by atoms with van der Waals surface area (Å²) in [7, 11) is 1.28. The lowest BCUT2D eigenvalue weighted by Crippen LogP contribution is -2.21. The summed E-state index contributed by atoms with van der Waals surface area (Å²) in [5.74, 6) is -1.60. The normalized spacial score (nSPS) is 9.92. The molecule has 0 unspecified atom stereocenters. The Balaban J connectivity index is 2.09. The minimum Gasteiger partial charge on any atom is -0.478 e. The minimum absolute atomic E-state index is 0.00573. The number of rotatable bonds is 4. The molecule has 0 heterocycles. The van der Waals surface area contributed by atoms with E-state index in [4.69, 9.17) is 0 Å². The maximum atomic E-state index is 12.0. The van der Waals surface area contributed by atoms with Crippen LogP contribution in [0, 0.1) is 6.92 Å². The van der Waals surface area contributed by atoms with Crippen LogP contribution >= 0.6 is 0 Å². The summed E-state index contributed by atoms with van der Waals surface area (Å²) in [5.41, 5.74) is 1.78. The first-order valence-electron chi connectivity index (χ1n) is 7.01. The van der Waals surface area contributed by atoms with Gasteiger partial charge in [0.15, 0.2) is 0 Å². The molecule has 0 aliphatic carbocycles. The number of esters is 1. The molecule has 0 aliphatic heterocycles. The van der Waals surface area contributed by atoms with Gasteiger partial charge in [-0.3, -0.25) is 0 Å². The van der Waals surface area contributed by atoms with Gasteiger partial charge in [-0.15, -0.1) is 0 Å². The number of urea groups is 1. The van der Waals surface area contributed by atoms with Crippen molar-refractivity contribution in [1.29, 1.82) is 0 Å². The van der Waals surface area contributed by atoms with Crippen LogP contribution < -0.4 is 10.6 Å². The third-order valence-electron chi connectivity index (χ3n) is 3.22. The summed E-state index contributed by atoms with van der Waals surface area (Å²) in [6, 6.07) is 10.2. The molecule has 3 N–H and O–H groups in total. The Labute approximate surface area is 138 Å². The molecule has 0 radical (unpaired) electrons. The van der Waals surface area contributed by atoms with E-state index >= 15 is 0 Å². The molecule has 0 aliphatic rings. The van der Waals surface area contributed by atoms with Crippen molar-refractivity contribution in [2.24, 2.45) is 0 Å². The molecule has 0 spiro atoms. The highest BCUT2D eigenvalue weighted by atomic mass is 16.5. The van der Waals surface area contributed by atoms with Crippen LogP contribution in [0.3, 0.4) is 0 Å². The molecule has 2 aromatic carbocycles. The van der Waals surface area contributed by atoms with Gasteiger partial charge in [-0.1, -0.05) is 11.6 Å². The Bertz CT molecular complexity index is 784. The van der Waals surface area contributed by atoms with E-state index in [-0.39, 0.29) is 11.3 Å². The molecule has 0 saturated heterocycles. The molecular weight excluding hydrogens is 312 g/mol. The number of methoxy groups -OCH3 is 1. The Morgan fingerprint density at radius 3 is 2.25 bits per heavy atom. The highest BCUT2D eigenvalue weighted by molar-refractivity contribution is 6.04. The number of carbonyl (C=O) groups is 3. The van der Waals surface area contributed by atoms with Crippen LogP contribution in [0.15, 0.2) is 42.5 Å². The van der Waals surface area contributed by atoms with Gasteiger partial charge in [0.1, 0.15) is 0 Å². The number of carboxylic acid groups (broad SMARTS) is 1. The summed E-state index contributed by atoms with van der Waals surface area (Å²) < 4.78 is 4.59. The highest BCUT2D eigenvalue weighted by Gasteiger charge is 2.13. The molecule has 0 fully saturated rings. The van der Waals surface area contributed by atoms with Gasteiger partial charge in [-0.05, 0) is 43.3 Å². The molecule has 24 heavy (non-hydrogen) atoms. The van der Waals surface area contributed by atoms with Crippen LogP contribution in [0.1, 0.15) is 26.3 Å². The number of hydrogen-bond donors (Lipinski definition) is 3. The quantitative estimate of drug-likeness (QED) is 0.748. The van der Waals surface area contributed by atoms with Crippen LogP contribution in [0.5, 0.6) is 0 Å². The van der Waals surface area contributed by atoms with Crippen molar-refractivity contribution in [1.82, 2.24) is 0 Å². The highest BCUT2D eigenvalue weighted by Crippen LogP contribution is 2.18. The van der Waals surface area contributed by atoms with Crippen LogP contribution in [0.4, 0.5) is 16.2 Å². The fraction of sp³-hybridized carbons (Fsp3) is 0.118. The second-order valence-corrected chi connectivity index (χ2v) is 5.00.